The molecular formula is C10H19N3O. The summed E-state index contributed by atoms with van der Waals surface area (Å²) in [5.41, 5.74) is 0.881. The van der Waals surface area contributed by atoms with Crippen LogP contribution in [-0.4, -0.2) is 28.3 Å². The van der Waals surface area contributed by atoms with Gasteiger partial charge in [0.15, 0.2) is 0 Å². The summed E-state index contributed by atoms with van der Waals surface area (Å²) in [4.78, 5) is 4.22. The van der Waals surface area contributed by atoms with Crippen molar-refractivity contribution in [1.82, 2.24) is 14.9 Å². The molecule has 1 heterocycles. The lowest BCUT2D eigenvalue weighted by Gasteiger charge is -2.17. The summed E-state index contributed by atoms with van der Waals surface area (Å²) in [6.45, 7) is 6.68. The number of hydrogen-bond donors (Lipinski definition) is 2. The summed E-state index contributed by atoms with van der Waals surface area (Å²) in [5.74, 6) is 0.949. The quantitative estimate of drug-likeness (QED) is 0.758. The maximum atomic E-state index is 9.84. The van der Waals surface area contributed by atoms with Gasteiger partial charge in [0, 0.05) is 12.6 Å². The molecule has 0 aliphatic carbocycles. The van der Waals surface area contributed by atoms with Gasteiger partial charge in [-0.25, -0.2) is 4.98 Å². The first-order chi connectivity index (χ1) is 6.57. The van der Waals surface area contributed by atoms with Crippen LogP contribution < -0.4 is 5.32 Å². The van der Waals surface area contributed by atoms with E-state index in [0.717, 1.165) is 11.5 Å². The van der Waals surface area contributed by atoms with Gasteiger partial charge in [0.1, 0.15) is 11.9 Å². The highest BCUT2D eigenvalue weighted by Gasteiger charge is 2.15. The molecule has 0 amide bonds. The Morgan fingerprint density at radius 3 is 2.71 bits per heavy atom. The van der Waals surface area contributed by atoms with Crippen LogP contribution in [0.15, 0.2) is 6.20 Å². The monoisotopic (exact) mass is 197 g/mol. The molecular weight excluding hydrogens is 178 g/mol. The van der Waals surface area contributed by atoms with E-state index in [1.54, 1.807) is 6.20 Å². The van der Waals surface area contributed by atoms with Gasteiger partial charge in [-0.05, 0) is 27.8 Å². The highest BCUT2D eigenvalue weighted by atomic mass is 16.3. The molecule has 0 saturated heterocycles. The standard InChI is InChI=1S/C10H19N3O/c1-7(2)13-8(3)12-5-9(13)10(14)6-11-4/h5,7,10-11,14H,6H2,1-4H3. The molecule has 0 radical (unpaired) electrons. The lowest BCUT2D eigenvalue weighted by Crippen LogP contribution is -2.20. The highest BCUT2D eigenvalue weighted by molar-refractivity contribution is 5.09. The highest BCUT2D eigenvalue weighted by Crippen LogP contribution is 2.18. The van der Waals surface area contributed by atoms with Crippen molar-refractivity contribution in [2.75, 3.05) is 13.6 Å². The van der Waals surface area contributed by atoms with Crippen molar-refractivity contribution in [3.63, 3.8) is 0 Å². The van der Waals surface area contributed by atoms with Crippen LogP contribution in [0.5, 0.6) is 0 Å². The van der Waals surface area contributed by atoms with E-state index in [9.17, 15) is 5.11 Å². The lowest BCUT2D eigenvalue weighted by molar-refractivity contribution is 0.166. The van der Waals surface area contributed by atoms with Gasteiger partial charge in [0.05, 0.1) is 11.9 Å². The van der Waals surface area contributed by atoms with Crippen molar-refractivity contribution in [1.29, 1.82) is 0 Å². The van der Waals surface area contributed by atoms with Gasteiger partial charge < -0.3 is 15.0 Å². The SMILES string of the molecule is CNCC(O)c1cnc(C)n1C(C)C. The molecule has 14 heavy (non-hydrogen) atoms. The molecule has 1 rings (SSSR count). The van der Waals surface area contributed by atoms with Crippen LogP contribution in [0.2, 0.25) is 0 Å². The van der Waals surface area contributed by atoms with Crippen molar-refractivity contribution in [2.45, 2.75) is 32.9 Å². The van der Waals surface area contributed by atoms with Gasteiger partial charge in [-0.15, -0.1) is 0 Å². The van der Waals surface area contributed by atoms with E-state index in [-0.39, 0.29) is 0 Å². The van der Waals surface area contributed by atoms with Crippen LogP contribution in [0.25, 0.3) is 0 Å². The third kappa shape index (κ3) is 2.13. The van der Waals surface area contributed by atoms with Crippen LogP contribution in [0, 0.1) is 6.92 Å². The fourth-order valence-corrected chi connectivity index (χ4v) is 1.69. The molecule has 2 N–H and O–H groups in total. The average molecular weight is 197 g/mol. The maximum absolute atomic E-state index is 9.84. The zero-order valence-electron chi connectivity index (χ0n) is 9.28. The number of nitrogens with zero attached hydrogens (tertiary/aromatic N) is 2. The Kier molecular flexibility index (Phi) is 3.66. The molecule has 4 nitrogen and oxygen atoms in total. The molecule has 0 bridgehead atoms. The Balaban J connectivity index is 2.96. The fourth-order valence-electron chi connectivity index (χ4n) is 1.69. The predicted octanol–water partition coefficient (Wildman–Crippen LogP) is 1.03. The van der Waals surface area contributed by atoms with E-state index in [0.29, 0.717) is 12.6 Å². The maximum Gasteiger partial charge on any atom is 0.108 e. The molecule has 1 aromatic rings. The Labute approximate surface area is 85.0 Å². The number of rotatable bonds is 4. The molecule has 80 valence electrons. The summed E-state index contributed by atoms with van der Waals surface area (Å²) in [6.07, 6.45) is 1.26. The Bertz CT molecular complexity index is 294. The lowest BCUT2D eigenvalue weighted by atomic mass is 10.2. The van der Waals surface area contributed by atoms with E-state index in [1.165, 1.54) is 0 Å². The summed E-state index contributed by atoms with van der Waals surface area (Å²) >= 11 is 0. The van der Waals surface area contributed by atoms with Crippen molar-refractivity contribution in [3.8, 4) is 0 Å². The van der Waals surface area contributed by atoms with Gasteiger partial charge in [-0.1, -0.05) is 0 Å². The fraction of sp³-hybridized carbons (Fsp3) is 0.700. The predicted molar refractivity (Wildman–Crippen MR) is 56.2 cm³/mol. The van der Waals surface area contributed by atoms with Crippen LogP contribution in [-0.2, 0) is 0 Å². The molecule has 4 heteroatoms. The van der Waals surface area contributed by atoms with Gasteiger partial charge in [-0.3, -0.25) is 0 Å². The minimum absolute atomic E-state index is 0.332. The van der Waals surface area contributed by atoms with Crippen molar-refractivity contribution in [3.05, 3.63) is 17.7 Å². The second-order valence-electron chi connectivity index (χ2n) is 3.77. The minimum Gasteiger partial charge on any atom is -0.385 e. The van der Waals surface area contributed by atoms with E-state index in [4.69, 9.17) is 0 Å². The van der Waals surface area contributed by atoms with Crippen LogP contribution in [0.3, 0.4) is 0 Å². The van der Waals surface area contributed by atoms with Crippen LogP contribution in [0.4, 0.5) is 0 Å². The second kappa shape index (κ2) is 4.57. The number of imidazole rings is 1. The number of nitrogens with one attached hydrogen (secondary N) is 1. The number of aryl methyl sites for hydroxylation is 1. The van der Waals surface area contributed by atoms with Crippen molar-refractivity contribution in [2.24, 2.45) is 0 Å². The number of hydrogen-bond acceptors (Lipinski definition) is 3. The molecule has 1 atom stereocenters. The zero-order chi connectivity index (χ0) is 10.7. The van der Waals surface area contributed by atoms with Gasteiger partial charge >= 0.3 is 0 Å². The van der Waals surface area contributed by atoms with E-state index in [2.05, 4.69) is 28.7 Å². The molecule has 0 saturated carbocycles. The Morgan fingerprint density at radius 1 is 1.57 bits per heavy atom. The first-order valence-electron chi connectivity index (χ1n) is 4.94. The molecule has 1 aromatic heterocycles. The molecule has 0 fully saturated rings. The minimum atomic E-state index is -0.483. The van der Waals surface area contributed by atoms with E-state index >= 15 is 0 Å². The molecule has 0 spiro atoms. The van der Waals surface area contributed by atoms with Crippen molar-refractivity contribution < 1.29 is 5.11 Å². The summed E-state index contributed by atoms with van der Waals surface area (Å²) in [6, 6.07) is 0.332. The largest absolute Gasteiger partial charge is 0.385 e. The molecule has 1 unspecified atom stereocenters. The third-order valence-electron chi connectivity index (χ3n) is 2.27. The van der Waals surface area contributed by atoms with Crippen molar-refractivity contribution >= 4 is 0 Å². The average Bonchev–Trinajstić information content (AvgIpc) is 2.47. The summed E-state index contributed by atoms with van der Waals surface area (Å²) in [7, 11) is 1.83. The first-order valence-corrected chi connectivity index (χ1v) is 4.94. The smallest absolute Gasteiger partial charge is 0.108 e. The van der Waals surface area contributed by atoms with Gasteiger partial charge in [0.2, 0.25) is 0 Å². The summed E-state index contributed by atoms with van der Waals surface area (Å²) in [5, 5.41) is 12.8. The zero-order valence-corrected chi connectivity index (χ0v) is 9.28. The second-order valence-corrected chi connectivity index (χ2v) is 3.77. The Morgan fingerprint density at radius 2 is 2.21 bits per heavy atom. The van der Waals surface area contributed by atoms with E-state index in [1.807, 2.05) is 14.0 Å². The molecule has 0 aliphatic rings. The molecule has 0 aliphatic heterocycles. The number of aliphatic hydroxyl groups is 1. The number of aromatic nitrogens is 2. The van der Waals surface area contributed by atoms with Crippen LogP contribution >= 0.6 is 0 Å². The Hall–Kier alpha value is -0.870. The third-order valence-corrected chi connectivity index (χ3v) is 2.27. The van der Waals surface area contributed by atoms with E-state index < -0.39 is 6.10 Å². The van der Waals surface area contributed by atoms with Crippen LogP contribution in [0.1, 0.15) is 37.5 Å². The first kappa shape index (κ1) is 11.2. The number of likely N-dealkylation sites (N-methyl/N-ethyl adjacent to an activating group) is 1. The number of aliphatic hydroxyl groups excluding tert-OH is 1. The normalized spacial score (nSPS) is 13.6. The van der Waals surface area contributed by atoms with Gasteiger partial charge in [-0.2, -0.15) is 0 Å². The van der Waals surface area contributed by atoms with Gasteiger partial charge in [0.25, 0.3) is 0 Å². The summed E-state index contributed by atoms with van der Waals surface area (Å²) < 4.78 is 2.06. The molecule has 0 aromatic carbocycles. The topological polar surface area (TPSA) is 50.1 Å².